The Morgan fingerprint density at radius 1 is 1.10 bits per heavy atom. The Morgan fingerprint density at radius 2 is 1.79 bits per heavy atom. The lowest BCUT2D eigenvalue weighted by molar-refractivity contribution is -0.385. The van der Waals surface area contributed by atoms with E-state index < -0.39 is 21.8 Å². The van der Waals surface area contributed by atoms with Gasteiger partial charge in [0, 0.05) is 24.0 Å². The number of nitrogens with zero attached hydrogens (tertiary/aromatic N) is 1. The molecule has 1 unspecified atom stereocenters. The second-order valence-electron chi connectivity index (χ2n) is 5.56. The van der Waals surface area contributed by atoms with Gasteiger partial charge in [0.2, 0.25) is 0 Å². The first-order valence-electron chi connectivity index (χ1n) is 8.57. The summed E-state index contributed by atoms with van der Waals surface area (Å²) >= 11 is 1.05. The molecule has 0 amide bonds. The first kappa shape index (κ1) is 23.2. The second-order valence-corrected chi connectivity index (χ2v) is 11.2. The third-order valence-electron chi connectivity index (χ3n) is 3.29. The van der Waals surface area contributed by atoms with Crippen LogP contribution in [0, 0.1) is 10.1 Å². The molecule has 0 N–H and O–H groups in total. The normalized spacial score (nSPS) is 13.4. The van der Waals surface area contributed by atoms with Crippen LogP contribution in [0.5, 0.6) is 11.5 Å². The molecule has 0 aromatic heterocycles. The van der Waals surface area contributed by atoms with E-state index >= 15 is 0 Å². The second kappa shape index (κ2) is 10.1. The Labute approximate surface area is 172 Å². The van der Waals surface area contributed by atoms with Crippen LogP contribution >= 0.6 is 18.2 Å². The predicted octanol–water partition coefficient (Wildman–Crippen LogP) is 5.03. The molecular weight excluding hydrogens is 441 g/mol. The molecule has 12 heteroatoms. The highest BCUT2D eigenvalue weighted by atomic mass is 32.7. The molecule has 2 aromatic rings. The average Bonchev–Trinajstić information content (AvgIpc) is 2.66. The zero-order valence-corrected chi connectivity index (χ0v) is 18.2. The lowest BCUT2D eigenvalue weighted by Gasteiger charge is -2.17. The number of benzene rings is 2. The van der Waals surface area contributed by atoms with Gasteiger partial charge in [0.05, 0.1) is 11.5 Å². The maximum atomic E-state index is 12.8. The van der Waals surface area contributed by atoms with Crippen LogP contribution in [0.1, 0.15) is 20.3 Å². The molecule has 0 saturated heterocycles. The maximum Gasteiger partial charge on any atom is 0.440 e. The molecule has 0 aliphatic heterocycles. The summed E-state index contributed by atoms with van der Waals surface area (Å²) in [7, 11) is -4.32. The zero-order valence-electron chi connectivity index (χ0n) is 15.7. The van der Waals surface area contributed by atoms with Crippen molar-refractivity contribution in [3.8, 4) is 11.5 Å². The van der Waals surface area contributed by atoms with Gasteiger partial charge in [-0.3, -0.25) is 14.6 Å². The third-order valence-corrected chi connectivity index (χ3v) is 8.48. The van der Waals surface area contributed by atoms with Gasteiger partial charge in [0.25, 0.3) is 5.69 Å². The molecule has 9 nitrogen and oxygen atoms in total. The molecule has 158 valence electrons. The summed E-state index contributed by atoms with van der Waals surface area (Å²) in [6, 6.07) is 10.1. The van der Waals surface area contributed by atoms with Crippen molar-refractivity contribution in [2.24, 2.45) is 0 Å². The first-order valence-corrected chi connectivity index (χ1v) is 13.1. The van der Waals surface area contributed by atoms with Crippen molar-refractivity contribution in [2.45, 2.75) is 25.2 Å². The molecular formula is C17H20NO8PS2. The van der Waals surface area contributed by atoms with Crippen LogP contribution in [0.25, 0.3) is 0 Å². The minimum absolute atomic E-state index is 0.0995. The van der Waals surface area contributed by atoms with E-state index in [1.807, 2.05) is 6.92 Å². The standard InChI is InChI=1S/C17H20NO8PS2/c1-3-11-28-27(21,24-4-2)25-15-8-6-9-16(13-15)26-29(22,23)17-10-5-7-14(12-17)18(19)20/h5-10,12-13H,3-4,11H2,1-2H3. The third kappa shape index (κ3) is 6.74. The highest BCUT2D eigenvalue weighted by molar-refractivity contribution is 8.55. The van der Waals surface area contributed by atoms with E-state index in [1.165, 1.54) is 42.5 Å². The Kier molecular flexibility index (Phi) is 8.09. The SMILES string of the molecule is CCCSP(=O)(OCC)Oc1cccc(OS(=O)(=O)c2cccc([N+](=O)[O-])c2)c1. The van der Waals surface area contributed by atoms with Crippen molar-refractivity contribution in [1.29, 1.82) is 0 Å². The van der Waals surface area contributed by atoms with Crippen molar-refractivity contribution in [3.05, 3.63) is 58.6 Å². The van der Waals surface area contributed by atoms with Gasteiger partial charge in [0.1, 0.15) is 16.4 Å². The smallest absolute Gasteiger partial charge is 0.417 e. The molecule has 2 rings (SSSR count). The number of non-ortho nitro benzene ring substituents is 1. The van der Waals surface area contributed by atoms with Crippen LogP contribution in [0.4, 0.5) is 5.69 Å². The number of hydrogen-bond acceptors (Lipinski definition) is 9. The maximum absolute atomic E-state index is 12.8. The Morgan fingerprint density at radius 3 is 2.45 bits per heavy atom. The number of rotatable bonds is 11. The number of hydrogen-bond donors (Lipinski definition) is 0. The first-order chi connectivity index (χ1) is 13.7. The molecule has 0 bridgehead atoms. The predicted molar refractivity (Wildman–Crippen MR) is 110 cm³/mol. The lowest BCUT2D eigenvalue weighted by atomic mass is 10.3. The summed E-state index contributed by atoms with van der Waals surface area (Å²) < 4.78 is 53.4. The van der Waals surface area contributed by atoms with E-state index in [2.05, 4.69) is 0 Å². The molecule has 2 aromatic carbocycles. The quantitative estimate of drug-likeness (QED) is 0.196. The number of nitro groups is 1. The lowest BCUT2D eigenvalue weighted by Crippen LogP contribution is -2.10. The van der Waals surface area contributed by atoms with Gasteiger partial charge in [-0.1, -0.05) is 19.1 Å². The molecule has 0 fully saturated rings. The van der Waals surface area contributed by atoms with E-state index in [0.29, 0.717) is 5.75 Å². The van der Waals surface area contributed by atoms with Crippen LogP contribution in [-0.2, 0) is 19.2 Å². The minimum Gasteiger partial charge on any atom is -0.417 e. The Hall–Kier alpha value is -2.07. The van der Waals surface area contributed by atoms with Crippen LogP contribution in [-0.4, -0.2) is 25.7 Å². The van der Waals surface area contributed by atoms with Crippen molar-refractivity contribution in [2.75, 3.05) is 12.4 Å². The van der Waals surface area contributed by atoms with E-state index in [9.17, 15) is 23.1 Å². The highest BCUT2D eigenvalue weighted by Crippen LogP contribution is 2.60. The van der Waals surface area contributed by atoms with Crippen LogP contribution in [0.2, 0.25) is 0 Å². The van der Waals surface area contributed by atoms with Crippen molar-refractivity contribution in [3.63, 3.8) is 0 Å². The topological polar surface area (TPSA) is 122 Å². The molecule has 0 saturated carbocycles. The van der Waals surface area contributed by atoms with Crippen LogP contribution < -0.4 is 8.71 Å². The summed E-state index contributed by atoms with van der Waals surface area (Å²) in [4.78, 5) is 9.79. The summed E-state index contributed by atoms with van der Waals surface area (Å²) in [5.41, 5.74) is -0.377. The molecule has 0 radical (unpaired) electrons. The van der Waals surface area contributed by atoms with E-state index in [4.69, 9.17) is 13.2 Å². The van der Waals surface area contributed by atoms with Crippen LogP contribution in [0.3, 0.4) is 0 Å². The molecule has 0 aliphatic rings. The monoisotopic (exact) mass is 461 g/mol. The average molecular weight is 461 g/mol. The fraction of sp³-hybridized carbons (Fsp3) is 0.294. The van der Waals surface area contributed by atoms with Gasteiger partial charge in [0.15, 0.2) is 0 Å². The van der Waals surface area contributed by atoms with Gasteiger partial charge < -0.3 is 8.71 Å². The van der Waals surface area contributed by atoms with Crippen molar-refractivity contribution in [1.82, 2.24) is 0 Å². The van der Waals surface area contributed by atoms with Gasteiger partial charge in [-0.2, -0.15) is 8.42 Å². The van der Waals surface area contributed by atoms with Gasteiger partial charge in [-0.05, 0) is 42.9 Å². The fourth-order valence-corrected chi connectivity index (χ4v) is 6.50. The molecule has 0 heterocycles. The van der Waals surface area contributed by atoms with Crippen molar-refractivity contribution < 1.29 is 31.1 Å². The summed E-state index contributed by atoms with van der Waals surface area (Å²) in [6.45, 7) is 0.333. The van der Waals surface area contributed by atoms with E-state index in [-0.39, 0.29) is 28.7 Å². The number of nitro benzene ring substituents is 1. The van der Waals surface area contributed by atoms with Crippen molar-refractivity contribution >= 4 is 34.0 Å². The minimum atomic E-state index is -4.32. The Bertz CT molecular complexity index is 1010. The highest BCUT2D eigenvalue weighted by Gasteiger charge is 2.27. The zero-order chi connectivity index (χ0) is 21.5. The summed E-state index contributed by atoms with van der Waals surface area (Å²) in [6.07, 6.45) is 0.774. The van der Waals surface area contributed by atoms with Gasteiger partial charge in [-0.25, -0.2) is 4.57 Å². The Balaban J connectivity index is 2.23. The molecule has 0 spiro atoms. The largest absolute Gasteiger partial charge is 0.440 e. The molecule has 0 aliphatic carbocycles. The van der Waals surface area contributed by atoms with Crippen LogP contribution in [0.15, 0.2) is 53.4 Å². The molecule has 1 atom stereocenters. The summed E-state index contributed by atoms with van der Waals surface area (Å²) in [5.74, 6) is 0.573. The molecule has 29 heavy (non-hydrogen) atoms. The van der Waals surface area contributed by atoms with Gasteiger partial charge in [-0.15, -0.1) is 0 Å². The fourth-order valence-electron chi connectivity index (χ4n) is 2.09. The van der Waals surface area contributed by atoms with E-state index in [1.54, 1.807) is 6.92 Å². The van der Waals surface area contributed by atoms with Gasteiger partial charge >= 0.3 is 16.9 Å². The van der Waals surface area contributed by atoms with E-state index in [0.717, 1.165) is 23.9 Å². The summed E-state index contributed by atoms with van der Waals surface area (Å²) in [5, 5.41) is 10.9.